The summed E-state index contributed by atoms with van der Waals surface area (Å²) in [5.74, 6) is 1.10. The summed E-state index contributed by atoms with van der Waals surface area (Å²) in [5.41, 5.74) is 1.31. The van der Waals surface area contributed by atoms with Gasteiger partial charge in [0.2, 0.25) is 5.91 Å². The van der Waals surface area contributed by atoms with E-state index in [4.69, 9.17) is 4.74 Å². The van der Waals surface area contributed by atoms with Crippen molar-refractivity contribution >= 4 is 5.91 Å². The average molecular weight is 331 g/mol. The van der Waals surface area contributed by atoms with Crippen molar-refractivity contribution in [2.75, 3.05) is 39.8 Å². The molecule has 5 heteroatoms. The molecule has 1 amide bonds. The van der Waals surface area contributed by atoms with Crippen LogP contribution in [-0.4, -0.2) is 61.6 Å². The van der Waals surface area contributed by atoms with Gasteiger partial charge in [0.1, 0.15) is 5.75 Å². The van der Waals surface area contributed by atoms with E-state index in [-0.39, 0.29) is 5.91 Å². The maximum absolute atomic E-state index is 12.1. The zero-order valence-electron chi connectivity index (χ0n) is 14.7. The highest BCUT2D eigenvalue weighted by atomic mass is 16.5. The Labute approximate surface area is 145 Å². The summed E-state index contributed by atoms with van der Waals surface area (Å²) in [6, 6.07) is 8.70. The molecule has 2 aliphatic rings. The van der Waals surface area contributed by atoms with Crippen LogP contribution in [0.25, 0.3) is 0 Å². The van der Waals surface area contributed by atoms with Crippen molar-refractivity contribution in [1.82, 2.24) is 15.1 Å². The lowest BCUT2D eigenvalue weighted by Gasteiger charge is -2.34. The van der Waals surface area contributed by atoms with E-state index in [1.807, 2.05) is 12.1 Å². The predicted molar refractivity (Wildman–Crippen MR) is 95.1 cm³/mol. The molecule has 5 nitrogen and oxygen atoms in total. The fraction of sp³-hybridized carbons (Fsp3) is 0.632. The van der Waals surface area contributed by atoms with Gasteiger partial charge in [0.05, 0.1) is 13.7 Å². The molecule has 1 saturated heterocycles. The standard InChI is InChI=1S/C19H29N3O2/c1-24-18-8-6-16(7-9-18)14-21-10-12-22(13-11-21)15-19(23)20-17-4-2-3-5-17/h6-9,17H,2-5,10-15H2,1H3,(H,20,23). The number of hydrogen-bond donors (Lipinski definition) is 1. The molecule has 1 saturated carbocycles. The molecule has 0 atom stereocenters. The Balaban J connectivity index is 1.37. The van der Waals surface area contributed by atoms with E-state index in [2.05, 4.69) is 27.2 Å². The number of nitrogens with one attached hydrogen (secondary N) is 1. The van der Waals surface area contributed by atoms with Gasteiger partial charge in [0, 0.05) is 38.8 Å². The number of carbonyl (C=O) groups is 1. The summed E-state index contributed by atoms with van der Waals surface area (Å²) < 4.78 is 5.20. The van der Waals surface area contributed by atoms with Gasteiger partial charge in [-0.25, -0.2) is 0 Å². The molecule has 1 heterocycles. The third-order valence-electron chi connectivity index (χ3n) is 5.12. The summed E-state index contributed by atoms with van der Waals surface area (Å²) in [6.07, 6.45) is 4.83. The lowest BCUT2D eigenvalue weighted by atomic mass is 10.2. The largest absolute Gasteiger partial charge is 0.497 e. The molecule has 24 heavy (non-hydrogen) atoms. The molecule has 0 unspecified atom stereocenters. The number of hydrogen-bond acceptors (Lipinski definition) is 4. The monoisotopic (exact) mass is 331 g/mol. The minimum Gasteiger partial charge on any atom is -0.497 e. The minimum atomic E-state index is 0.200. The lowest BCUT2D eigenvalue weighted by molar-refractivity contribution is -0.123. The zero-order valence-corrected chi connectivity index (χ0v) is 14.7. The highest BCUT2D eigenvalue weighted by molar-refractivity contribution is 5.78. The van der Waals surface area contributed by atoms with Gasteiger partial charge in [0.15, 0.2) is 0 Å². The molecule has 1 aliphatic carbocycles. The maximum Gasteiger partial charge on any atom is 0.234 e. The fourth-order valence-electron chi connectivity index (χ4n) is 3.64. The van der Waals surface area contributed by atoms with Gasteiger partial charge in [-0.05, 0) is 30.5 Å². The van der Waals surface area contributed by atoms with Crippen molar-refractivity contribution in [3.05, 3.63) is 29.8 Å². The van der Waals surface area contributed by atoms with Crippen molar-refractivity contribution in [2.45, 2.75) is 38.3 Å². The summed E-state index contributed by atoms with van der Waals surface area (Å²) in [4.78, 5) is 16.8. The molecule has 1 aromatic rings. The third kappa shape index (κ3) is 4.95. The number of amides is 1. The molecule has 1 aromatic carbocycles. The quantitative estimate of drug-likeness (QED) is 0.864. The van der Waals surface area contributed by atoms with Gasteiger partial charge >= 0.3 is 0 Å². The van der Waals surface area contributed by atoms with E-state index in [0.717, 1.165) is 51.3 Å². The van der Waals surface area contributed by atoms with Crippen molar-refractivity contribution in [3.8, 4) is 5.75 Å². The van der Waals surface area contributed by atoms with Crippen molar-refractivity contribution in [2.24, 2.45) is 0 Å². The van der Waals surface area contributed by atoms with E-state index < -0.39 is 0 Å². The number of piperazine rings is 1. The SMILES string of the molecule is COc1ccc(CN2CCN(CC(=O)NC3CCCC3)CC2)cc1. The van der Waals surface area contributed by atoms with Gasteiger partial charge in [-0.15, -0.1) is 0 Å². The summed E-state index contributed by atoms with van der Waals surface area (Å²) in [5, 5.41) is 3.18. The summed E-state index contributed by atoms with van der Waals surface area (Å²) >= 11 is 0. The Morgan fingerprint density at radius 1 is 1.08 bits per heavy atom. The van der Waals surface area contributed by atoms with Gasteiger partial charge in [0.25, 0.3) is 0 Å². The number of methoxy groups -OCH3 is 1. The van der Waals surface area contributed by atoms with Crippen LogP contribution in [0.15, 0.2) is 24.3 Å². The molecular weight excluding hydrogens is 302 g/mol. The van der Waals surface area contributed by atoms with Crippen LogP contribution in [0.4, 0.5) is 0 Å². The zero-order chi connectivity index (χ0) is 16.8. The Kier molecular flexibility index (Phi) is 6.10. The van der Waals surface area contributed by atoms with Crippen LogP contribution < -0.4 is 10.1 Å². The average Bonchev–Trinajstić information content (AvgIpc) is 3.10. The van der Waals surface area contributed by atoms with Gasteiger partial charge in [-0.1, -0.05) is 25.0 Å². The number of ether oxygens (including phenoxy) is 1. The van der Waals surface area contributed by atoms with Crippen LogP contribution in [0.3, 0.4) is 0 Å². The first-order valence-corrected chi connectivity index (χ1v) is 9.10. The highest BCUT2D eigenvalue weighted by Crippen LogP contribution is 2.17. The van der Waals surface area contributed by atoms with Crippen LogP contribution in [-0.2, 0) is 11.3 Å². The number of rotatable bonds is 6. The van der Waals surface area contributed by atoms with Crippen molar-refractivity contribution < 1.29 is 9.53 Å². The molecule has 0 aromatic heterocycles. The smallest absolute Gasteiger partial charge is 0.234 e. The molecule has 3 rings (SSSR count). The lowest BCUT2D eigenvalue weighted by Crippen LogP contribution is -2.50. The molecule has 0 bridgehead atoms. The van der Waals surface area contributed by atoms with Gasteiger partial charge in [-0.2, -0.15) is 0 Å². The van der Waals surface area contributed by atoms with Crippen LogP contribution in [0, 0.1) is 0 Å². The summed E-state index contributed by atoms with van der Waals surface area (Å²) in [6.45, 7) is 5.48. The Morgan fingerprint density at radius 3 is 2.33 bits per heavy atom. The number of nitrogens with zero attached hydrogens (tertiary/aromatic N) is 2. The van der Waals surface area contributed by atoms with E-state index in [1.165, 1.54) is 18.4 Å². The predicted octanol–water partition coefficient (Wildman–Crippen LogP) is 1.87. The van der Waals surface area contributed by atoms with E-state index in [0.29, 0.717) is 12.6 Å². The molecule has 2 fully saturated rings. The van der Waals surface area contributed by atoms with Crippen molar-refractivity contribution in [3.63, 3.8) is 0 Å². The molecule has 0 radical (unpaired) electrons. The van der Waals surface area contributed by atoms with E-state index in [9.17, 15) is 4.79 Å². The van der Waals surface area contributed by atoms with E-state index in [1.54, 1.807) is 7.11 Å². The van der Waals surface area contributed by atoms with Crippen LogP contribution >= 0.6 is 0 Å². The Morgan fingerprint density at radius 2 is 1.71 bits per heavy atom. The van der Waals surface area contributed by atoms with Crippen LogP contribution in [0.2, 0.25) is 0 Å². The highest BCUT2D eigenvalue weighted by Gasteiger charge is 2.21. The third-order valence-corrected chi connectivity index (χ3v) is 5.12. The molecule has 1 aliphatic heterocycles. The first-order valence-electron chi connectivity index (χ1n) is 9.10. The first kappa shape index (κ1) is 17.2. The second kappa shape index (κ2) is 8.49. The Hall–Kier alpha value is -1.59. The van der Waals surface area contributed by atoms with Crippen LogP contribution in [0.1, 0.15) is 31.2 Å². The number of benzene rings is 1. The normalized spacial score (nSPS) is 20.2. The first-order chi connectivity index (χ1) is 11.7. The topological polar surface area (TPSA) is 44.8 Å². The van der Waals surface area contributed by atoms with Gasteiger partial charge < -0.3 is 10.1 Å². The second-order valence-corrected chi connectivity index (χ2v) is 6.95. The van der Waals surface area contributed by atoms with E-state index >= 15 is 0 Å². The Bertz CT molecular complexity index is 518. The molecule has 1 N–H and O–H groups in total. The molecule has 132 valence electrons. The minimum absolute atomic E-state index is 0.200. The second-order valence-electron chi connectivity index (χ2n) is 6.95. The van der Waals surface area contributed by atoms with Crippen molar-refractivity contribution in [1.29, 1.82) is 0 Å². The maximum atomic E-state index is 12.1. The molecular formula is C19H29N3O2. The summed E-state index contributed by atoms with van der Waals surface area (Å²) in [7, 11) is 1.69. The fourth-order valence-corrected chi connectivity index (χ4v) is 3.64. The number of carbonyl (C=O) groups excluding carboxylic acids is 1. The molecule has 0 spiro atoms. The van der Waals surface area contributed by atoms with Crippen LogP contribution in [0.5, 0.6) is 5.75 Å². The van der Waals surface area contributed by atoms with Gasteiger partial charge in [-0.3, -0.25) is 14.6 Å².